The molecule has 5 aliphatic rings. The molecule has 130 heavy (non-hydrogen) atoms. The lowest BCUT2D eigenvalue weighted by molar-refractivity contribution is -0.247. The number of ether oxygens (including phenoxy) is 3. The Balaban J connectivity index is 0.000000325. The Kier molecular flexibility index (Phi) is 37.7. The number of ketones is 1. The van der Waals surface area contributed by atoms with Gasteiger partial charge in [-0.3, -0.25) is 19.2 Å². The average Bonchev–Trinajstić information content (AvgIpc) is 1.54. The fourth-order valence-corrected chi connectivity index (χ4v) is 16.9. The minimum Gasteiger partial charge on any atom is -0.428 e. The number of carbonyl (C=O) groups excluding carboxylic acids is 4. The van der Waals surface area contributed by atoms with Crippen LogP contribution >= 0.6 is 0 Å². The Morgan fingerprint density at radius 2 is 0.415 bits per heavy atom. The number of fused-ring (bicyclic) bond motifs is 15. The van der Waals surface area contributed by atoms with Gasteiger partial charge in [-0.25, -0.2) is 0 Å². The summed E-state index contributed by atoms with van der Waals surface area (Å²) >= 11 is 0. The summed E-state index contributed by atoms with van der Waals surface area (Å²) in [5.74, 6) is 0.339. The first-order chi connectivity index (χ1) is 60.6. The smallest absolute Gasteiger partial charge is 0.425 e. The summed E-state index contributed by atoms with van der Waals surface area (Å²) in [5.41, 5.74) is 4.35. The molecule has 0 amide bonds. The molecule has 4 atom stereocenters. The van der Waals surface area contributed by atoms with E-state index in [9.17, 15) is 92.3 Å². The summed E-state index contributed by atoms with van der Waals surface area (Å²) in [6.45, 7) is 50.7. The molecule has 10 aromatic carbocycles. The molecule has 0 heterocycles. The molecule has 15 rings (SSSR count). The van der Waals surface area contributed by atoms with Gasteiger partial charge >= 0.3 is 24.7 Å². The minimum absolute atomic E-state index is 0.0122. The molecule has 0 bridgehead atoms. The molecule has 0 aliphatic heterocycles. The fourth-order valence-electron chi connectivity index (χ4n) is 16.9. The van der Waals surface area contributed by atoms with E-state index in [1.54, 1.807) is 85.7 Å². The van der Waals surface area contributed by atoms with Crippen LogP contribution in [0.2, 0.25) is 0 Å². The standard InChI is InChI=1S/3C18H15F3O3.C18H17F3O.C17H16O.2C3H9N.5C2H6/c3*1-9-10(2)15-14(16(11(9)3)24-8-22)12-6-4-5-7-13(12)17(15,23)18(19,20)21;1-9-10(2)12(4)16-15(11(9)3)13-7-5-6-8-14(13)17(16,22)18(19,20)21;1-9-10(2)12(4)16-15(11(9)3)13-7-5-6-8-14(13)17(16)18;2*1-4(2)3;5*1-2/h3*4-8,23H,1-3H3;5-8,22H,1-4H3;5-8H,1-4H3;2*1-3H3;5*1-2H3. The molecule has 0 radical (unpaired) electrons. The van der Waals surface area contributed by atoms with E-state index in [0.29, 0.717) is 66.8 Å². The number of halogens is 12. The van der Waals surface area contributed by atoms with Crippen LogP contribution in [0.3, 0.4) is 0 Å². The Morgan fingerprint density at radius 1 is 0.246 bits per heavy atom. The zero-order valence-corrected chi connectivity index (χ0v) is 80.9. The van der Waals surface area contributed by atoms with Gasteiger partial charge in [0.1, 0.15) is 17.2 Å². The van der Waals surface area contributed by atoms with Gasteiger partial charge in [-0.2, -0.15) is 52.7 Å². The van der Waals surface area contributed by atoms with Crippen LogP contribution in [0.1, 0.15) is 224 Å². The molecule has 4 N–H and O–H groups in total. The van der Waals surface area contributed by atoms with Crippen molar-refractivity contribution in [1.29, 1.82) is 0 Å². The van der Waals surface area contributed by atoms with Gasteiger partial charge in [-0.05, 0) is 294 Å². The van der Waals surface area contributed by atoms with E-state index in [4.69, 9.17) is 14.2 Å². The van der Waals surface area contributed by atoms with Crippen molar-refractivity contribution in [2.45, 2.75) is 234 Å². The maximum absolute atomic E-state index is 13.9. The lowest BCUT2D eigenvalue weighted by atomic mass is 9.83. The van der Waals surface area contributed by atoms with Gasteiger partial charge in [0.2, 0.25) is 22.4 Å². The van der Waals surface area contributed by atoms with Crippen LogP contribution in [0.5, 0.6) is 17.2 Å². The van der Waals surface area contributed by atoms with Gasteiger partial charge in [0, 0.05) is 72.3 Å². The first-order valence-corrected chi connectivity index (χ1v) is 43.0. The third-order valence-electron chi connectivity index (χ3n) is 23.9. The van der Waals surface area contributed by atoms with E-state index in [0.717, 1.165) is 44.5 Å². The van der Waals surface area contributed by atoms with Crippen LogP contribution < -0.4 is 14.2 Å². The highest BCUT2D eigenvalue weighted by atomic mass is 19.4. The number of benzene rings is 10. The van der Waals surface area contributed by atoms with Crippen molar-refractivity contribution in [3.05, 3.63) is 272 Å². The minimum atomic E-state index is -4.92. The van der Waals surface area contributed by atoms with E-state index < -0.39 is 47.1 Å². The van der Waals surface area contributed by atoms with Gasteiger partial charge in [0.05, 0.1) is 0 Å². The van der Waals surface area contributed by atoms with Crippen LogP contribution in [0, 0.1) is 118 Å². The third kappa shape index (κ3) is 19.5. The maximum atomic E-state index is 13.9. The lowest BCUT2D eigenvalue weighted by Crippen LogP contribution is -2.42. The summed E-state index contributed by atoms with van der Waals surface area (Å²) in [6.07, 6.45) is -19.5. The predicted octanol–water partition coefficient (Wildman–Crippen LogP) is 26.1. The normalized spacial score (nSPS) is 16.4. The molecule has 10 aromatic rings. The van der Waals surface area contributed by atoms with Crippen LogP contribution in [0.25, 0.3) is 55.6 Å². The van der Waals surface area contributed by atoms with E-state index in [1.807, 2.05) is 153 Å². The second-order valence-corrected chi connectivity index (χ2v) is 31.6. The maximum Gasteiger partial charge on any atom is 0.425 e. The molecule has 25 heteroatoms. The van der Waals surface area contributed by atoms with Crippen LogP contribution in [-0.2, 0) is 36.8 Å². The first kappa shape index (κ1) is 112. The molecule has 4 unspecified atom stereocenters. The second-order valence-electron chi connectivity index (χ2n) is 31.6. The van der Waals surface area contributed by atoms with Gasteiger partial charge in [-0.1, -0.05) is 191 Å². The fraction of sp³-hybridized carbons (Fsp3) is 0.390. The highest BCUT2D eigenvalue weighted by Crippen LogP contribution is 2.64. The predicted molar refractivity (Wildman–Crippen MR) is 496 cm³/mol. The quantitative estimate of drug-likeness (QED) is 0.0912. The molecular weight excluding hydrogens is 1690 g/mol. The summed E-state index contributed by atoms with van der Waals surface area (Å²) in [5, 5.41) is 43.0. The van der Waals surface area contributed by atoms with Crippen LogP contribution in [0.15, 0.2) is 121 Å². The molecule has 0 aromatic heterocycles. The van der Waals surface area contributed by atoms with E-state index >= 15 is 0 Å². The summed E-state index contributed by atoms with van der Waals surface area (Å²) in [7, 11) is 12.0. The number of hydrogen-bond donors (Lipinski definition) is 4. The molecule has 13 nitrogen and oxygen atoms in total. The number of carbonyl (C=O) groups is 4. The molecule has 0 saturated heterocycles. The topological polar surface area (TPSA) is 183 Å². The summed E-state index contributed by atoms with van der Waals surface area (Å²) < 4.78 is 181. The Labute approximate surface area is 758 Å². The summed E-state index contributed by atoms with van der Waals surface area (Å²) in [4.78, 5) is 49.2. The summed E-state index contributed by atoms with van der Waals surface area (Å²) in [6, 6.07) is 31.5. The first-order valence-electron chi connectivity index (χ1n) is 43.0. The monoisotopic (exact) mass is 1820 g/mol. The molecule has 5 aliphatic carbocycles. The van der Waals surface area contributed by atoms with Gasteiger partial charge in [0.15, 0.2) is 5.78 Å². The Bertz CT molecular complexity index is 5430. The van der Waals surface area contributed by atoms with Crippen molar-refractivity contribution in [3.8, 4) is 72.9 Å². The zero-order chi connectivity index (χ0) is 100. The van der Waals surface area contributed by atoms with Crippen molar-refractivity contribution >= 4 is 25.2 Å². The van der Waals surface area contributed by atoms with Crippen molar-refractivity contribution < 1.29 is 106 Å². The van der Waals surface area contributed by atoms with Crippen molar-refractivity contribution in [1.82, 2.24) is 9.80 Å². The zero-order valence-electron chi connectivity index (χ0n) is 80.9. The van der Waals surface area contributed by atoms with Crippen molar-refractivity contribution in [2.75, 3.05) is 42.3 Å². The third-order valence-corrected chi connectivity index (χ3v) is 23.9. The SMILES string of the molecule is CC.CC.CC.CC.CC.CN(C)C.CN(C)C.Cc1c(C)c(C)c2c(c1C)-c1ccccc1C2(O)C(F)(F)F.Cc1c(C)c(C)c2c(c1C)C(=O)c1ccccc1-2.Cc1c(C)c(OC=O)c2c(c1C)C(O)(C(F)(F)F)c1ccccc1-2.Cc1c(C)c(OC=O)c2c(c1C)C(O)(C(F)(F)F)c1ccccc1-2.Cc1c(C)c(OC=O)c2c(c1C)C(O)(C(F)(F)F)c1ccccc1-2. The van der Waals surface area contributed by atoms with E-state index in [2.05, 4.69) is 33.8 Å². The number of rotatable bonds is 6. The number of alkyl halides is 12. The second kappa shape index (κ2) is 44.0. The molecule has 0 spiro atoms. The highest BCUT2D eigenvalue weighted by molar-refractivity contribution is 6.23. The number of nitrogens with zero attached hydrogens (tertiary/aromatic N) is 2. The Morgan fingerprint density at radius 3 is 0.638 bits per heavy atom. The van der Waals surface area contributed by atoms with Gasteiger partial charge < -0.3 is 44.4 Å². The van der Waals surface area contributed by atoms with Crippen molar-refractivity contribution in [3.63, 3.8) is 0 Å². The average molecular weight is 1820 g/mol. The van der Waals surface area contributed by atoms with E-state index in [1.165, 1.54) is 104 Å². The van der Waals surface area contributed by atoms with Gasteiger partial charge in [0.25, 0.3) is 19.4 Å². The molecular formula is C105H126F12N2O11. The van der Waals surface area contributed by atoms with Crippen molar-refractivity contribution in [2.24, 2.45) is 0 Å². The number of hydrogen-bond acceptors (Lipinski definition) is 13. The van der Waals surface area contributed by atoms with Crippen LogP contribution in [-0.4, -0.2) is 122 Å². The highest BCUT2D eigenvalue weighted by Gasteiger charge is 2.66. The molecule has 706 valence electrons. The largest absolute Gasteiger partial charge is 0.428 e. The number of aliphatic hydroxyl groups is 4. The Hall–Kier alpha value is -10.8. The van der Waals surface area contributed by atoms with Gasteiger partial charge in [-0.15, -0.1) is 0 Å². The van der Waals surface area contributed by atoms with Crippen LogP contribution in [0.4, 0.5) is 52.7 Å². The molecule has 0 fully saturated rings. The molecule has 0 saturated carbocycles. The lowest BCUT2D eigenvalue weighted by Gasteiger charge is -2.30. The van der Waals surface area contributed by atoms with E-state index in [-0.39, 0.29) is 120 Å².